The van der Waals surface area contributed by atoms with Gasteiger partial charge in [-0.2, -0.15) is 0 Å². The van der Waals surface area contributed by atoms with Gasteiger partial charge >= 0.3 is 7.55 Å². The van der Waals surface area contributed by atoms with Gasteiger partial charge in [-0.25, -0.2) is 0 Å². The Hall–Kier alpha value is -3.98. The minimum Gasteiger partial charge on any atom is -0.347 e. The van der Waals surface area contributed by atoms with Crippen LogP contribution in [-0.4, -0.2) is 46.2 Å². The molecule has 1 saturated heterocycles. The summed E-state index contributed by atoms with van der Waals surface area (Å²) >= 11 is 0. The molecule has 1 amide bonds. The van der Waals surface area contributed by atoms with Crippen LogP contribution in [0.2, 0.25) is 0 Å². The van der Waals surface area contributed by atoms with E-state index in [0.29, 0.717) is 0 Å². The van der Waals surface area contributed by atoms with E-state index in [1.54, 1.807) is 0 Å². The molecule has 1 fully saturated rings. The molecule has 0 atom stereocenters. The maximum absolute atomic E-state index is 11.6. The van der Waals surface area contributed by atoms with Crippen molar-refractivity contribution in [3.8, 4) is 0 Å². The third-order valence-corrected chi connectivity index (χ3v) is 7.89. The van der Waals surface area contributed by atoms with E-state index in [0.717, 1.165) is 65.7 Å². The molecule has 2 aromatic rings. The van der Waals surface area contributed by atoms with E-state index in [-0.39, 0.29) is 5.91 Å². The number of carbonyl (C=O) groups is 1. The number of piperidine rings is 1. The van der Waals surface area contributed by atoms with E-state index in [9.17, 15) is 4.79 Å². The van der Waals surface area contributed by atoms with Crippen molar-refractivity contribution in [3.63, 3.8) is 0 Å². The Morgan fingerprint density at radius 1 is 1.03 bits per heavy atom. The van der Waals surface area contributed by atoms with Crippen LogP contribution in [0.25, 0.3) is 5.57 Å². The predicted octanol–water partition coefficient (Wildman–Crippen LogP) is 4.29. The van der Waals surface area contributed by atoms with Crippen molar-refractivity contribution in [1.29, 1.82) is 0 Å². The number of rotatable bonds is 6. The Balaban J connectivity index is 1.39. The summed E-state index contributed by atoms with van der Waals surface area (Å²) in [6.07, 6.45) is 17.0. The number of allylic oxidation sites excluding steroid dienone is 3. The number of anilines is 2. The third-order valence-electron chi connectivity index (χ3n) is 7.89. The third kappa shape index (κ3) is 5.06. The van der Waals surface area contributed by atoms with Gasteiger partial charge in [0.1, 0.15) is 11.5 Å². The zero-order valence-electron chi connectivity index (χ0n) is 22.5. The van der Waals surface area contributed by atoms with Gasteiger partial charge in [-0.1, -0.05) is 18.2 Å². The van der Waals surface area contributed by atoms with Crippen molar-refractivity contribution in [2.24, 2.45) is 5.84 Å². The first-order valence-electron chi connectivity index (χ1n) is 14.0. The lowest BCUT2D eigenvalue weighted by molar-refractivity contribution is -0.539. The summed E-state index contributed by atoms with van der Waals surface area (Å²) in [6.45, 7) is 3.68. The van der Waals surface area contributed by atoms with Gasteiger partial charge in [0.25, 0.3) is 5.84 Å². The fraction of sp³-hybridized carbons (Fsp3) is 0.333. The lowest BCUT2D eigenvalue weighted by Gasteiger charge is -2.27. The molecule has 0 saturated carbocycles. The number of fused-ring (bicyclic) bond motifs is 2. The van der Waals surface area contributed by atoms with Gasteiger partial charge < -0.3 is 20.5 Å². The van der Waals surface area contributed by atoms with E-state index in [4.69, 9.17) is 5.84 Å². The van der Waals surface area contributed by atoms with Crippen LogP contribution in [0, 0.1) is 0 Å². The maximum Gasteiger partial charge on any atom is 0.553 e. The molecule has 0 bridgehead atoms. The van der Waals surface area contributed by atoms with Crippen molar-refractivity contribution < 1.29 is 9.37 Å². The maximum atomic E-state index is 11.6. The van der Waals surface area contributed by atoms with E-state index < -0.39 is 0 Å². The van der Waals surface area contributed by atoms with Gasteiger partial charge in [0.05, 0.1) is 18.8 Å². The van der Waals surface area contributed by atoms with E-state index in [1.165, 1.54) is 50.4 Å². The standard InChI is InChI=1S/C30H35BN7O/c1-21(39)34-24-12-10-23(11-13-24)30-26-14-16-28(33-20-25(35-32)22-8-4-2-5-9-22)37(26)31-38-27(30)15-17-29(38)36-18-6-3-7-19-36/h8,10-17,20,35H,2-7,9,18-19,32H2,1H3,(H,33,34,39)/p+1. The second kappa shape index (κ2) is 11.0. The zero-order chi connectivity index (χ0) is 26.8. The summed E-state index contributed by atoms with van der Waals surface area (Å²) in [6, 6.07) is 12.4. The van der Waals surface area contributed by atoms with Crippen LogP contribution >= 0.6 is 0 Å². The normalized spacial score (nSPS) is 18.9. The van der Waals surface area contributed by atoms with Crippen LogP contribution in [-0.2, 0) is 4.79 Å². The first kappa shape index (κ1) is 25.3. The largest absolute Gasteiger partial charge is 0.553 e. The Kier molecular flexibility index (Phi) is 7.15. The molecular formula is C30H36BN7O+. The Morgan fingerprint density at radius 2 is 1.85 bits per heavy atom. The molecule has 1 aliphatic carbocycles. The summed E-state index contributed by atoms with van der Waals surface area (Å²) in [5, 5.41) is 6.40. The first-order valence-corrected chi connectivity index (χ1v) is 14.0. The van der Waals surface area contributed by atoms with Gasteiger partial charge in [-0.3, -0.25) is 20.0 Å². The zero-order valence-corrected chi connectivity index (χ0v) is 22.5. The number of nitrogens with one attached hydrogen (secondary N) is 3. The van der Waals surface area contributed by atoms with E-state index in [2.05, 4.69) is 80.0 Å². The van der Waals surface area contributed by atoms with Crippen molar-refractivity contribution >= 4 is 36.4 Å². The molecule has 199 valence electrons. The van der Waals surface area contributed by atoms with Crippen LogP contribution < -0.4 is 21.9 Å². The quantitative estimate of drug-likeness (QED) is 0.197. The average Bonchev–Trinajstić information content (AvgIpc) is 3.58. The molecule has 9 heteroatoms. The Bertz CT molecular complexity index is 1420. The van der Waals surface area contributed by atoms with Gasteiger partial charge in [0.2, 0.25) is 5.91 Å². The fourth-order valence-electron chi connectivity index (χ4n) is 5.96. The van der Waals surface area contributed by atoms with Crippen molar-refractivity contribution in [2.45, 2.75) is 51.9 Å². The van der Waals surface area contributed by atoms with E-state index in [1.807, 2.05) is 18.3 Å². The Labute approximate surface area is 230 Å². The predicted molar refractivity (Wildman–Crippen MR) is 158 cm³/mol. The molecule has 0 unspecified atom stereocenters. The number of benzene rings is 1. The lowest BCUT2D eigenvalue weighted by atomic mass is 9.91. The number of hydrazine groups is 1. The molecule has 0 spiro atoms. The molecule has 3 aliphatic heterocycles. The summed E-state index contributed by atoms with van der Waals surface area (Å²) in [4.78, 5) is 13.9. The second-order valence-corrected chi connectivity index (χ2v) is 10.5. The molecule has 39 heavy (non-hydrogen) atoms. The molecule has 4 aliphatic rings. The highest BCUT2D eigenvalue weighted by atomic mass is 16.1. The second-order valence-electron chi connectivity index (χ2n) is 10.5. The van der Waals surface area contributed by atoms with Crippen molar-refractivity contribution in [2.75, 3.05) is 23.7 Å². The van der Waals surface area contributed by atoms with Crippen LogP contribution in [0.15, 0.2) is 77.8 Å². The number of amides is 1. The van der Waals surface area contributed by atoms with Crippen LogP contribution in [0.5, 0.6) is 0 Å². The van der Waals surface area contributed by atoms with Gasteiger partial charge in [0.15, 0.2) is 0 Å². The van der Waals surface area contributed by atoms with Gasteiger partial charge in [-0.15, -0.1) is 0 Å². The highest BCUT2D eigenvalue weighted by molar-refractivity contribution is 6.41. The van der Waals surface area contributed by atoms with E-state index >= 15 is 0 Å². The fourth-order valence-corrected chi connectivity index (χ4v) is 5.96. The Morgan fingerprint density at radius 3 is 2.56 bits per heavy atom. The van der Waals surface area contributed by atoms with Crippen LogP contribution in [0.3, 0.4) is 0 Å². The first-order chi connectivity index (χ1) is 19.1. The number of nitrogens with two attached hydrogens (primary N) is 1. The number of nitrogens with zero attached hydrogens (tertiary/aromatic N) is 3. The van der Waals surface area contributed by atoms with Crippen LogP contribution in [0.4, 0.5) is 11.5 Å². The lowest BCUT2D eigenvalue weighted by Crippen LogP contribution is -2.43. The molecule has 8 nitrogen and oxygen atoms in total. The van der Waals surface area contributed by atoms with Gasteiger partial charge in [0, 0.05) is 36.2 Å². The molecule has 5 N–H and O–H groups in total. The molecule has 1 aromatic carbocycles. The molecule has 1 aromatic heterocycles. The number of amidine groups is 1. The summed E-state index contributed by atoms with van der Waals surface area (Å²) in [5.74, 6) is 8.03. The molecular weight excluding hydrogens is 485 g/mol. The molecule has 6 rings (SSSR count). The summed E-state index contributed by atoms with van der Waals surface area (Å²) < 4.78 is 4.71. The van der Waals surface area contributed by atoms with Gasteiger partial charge in [-0.05, 0) is 86.4 Å². The number of aromatic nitrogens is 1. The minimum absolute atomic E-state index is 0.0734. The molecule has 1 radical (unpaired) electrons. The summed E-state index contributed by atoms with van der Waals surface area (Å²) in [5.41, 5.74) is 10.4. The number of hydrogen-bond donors (Lipinski definition) is 4. The topological polar surface area (TPSA) is 90.4 Å². The monoisotopic (exact) mass is 521 g/mol. The average molecular weight is 521 g/mol. The highest BCUT2D eigenvalue weighted by Crippen LogP contribution is 2.38. The number of hydrogen-bond acceptors (Lipinski definition) is 4. The van der Waals surface area contributed by atoms with Crippen LogP contribution in [0.1, 0.15) is 63.1 Å². The summed E-state index contributed by atoms with van der Waals surface area (Å²) in [7, 11) is 2.19. The van der Waals surface area contributed by atoms with Crippen molar-refractivity contribution in [1.82, 2.24) is 14.7 Å². The highest BCUT2D eigenvalue weighted by Gasteiger charge is 2.40. The smallest absolute Gasteiger partial charge is 0.347 e. The minimum atomic E-state index is -0.0734. The molecule has 4 heterocycles. The SMILES string of the molecule is CC(=O)Nc1ccc(C2=C3C=CC(=[N+]4CCCCC4)N3[B]n3c(NC=C(NN)C4=CCCCC4)ccc32)cc1. The van der Waals surface area contributed by atoms with Crippen molar-refractivity contribution in [3.05, 3.63) is 89.1 Å². The number of carbonyl (C=O) groups excluding carboxylic acids is 1.